The highest BCUT2D eigenvalue weighted by atomic mass is 127. The maximum absolute atomic E-state index is 5.62. The molecular formula is C7H17IOSi. The van der Waals surface area contributed by atoms with Gasteiger partial charge in [0.2, 0.25) is 0 Å². The van der Waals surface area contributed by atoms with Crippen LogP contribution in [0.1, 0.15) is 33.1 Å². The van der Waals surface area contributed by atoms with Gasteiger partial charge in [0.1, 0.15) is 0 Å². The summed E-state index contributed by atoms with van der Waals surface area (Å²) >= 11 is 2.40. The summed E-state index contributed by atoms with van der Waals surface area (Å²) in [5, 5.41) is 0. The fraction of sp³-hybridized carbons (Fsp3) is 1.00. The molecule has 62 valence electrons. The molecule has 1 nitrogen and oxygen atoms in total. The van der Waals surface area contributed by atoms with Crippen molar-refractivity contribution in [2.45, 2.75) is 43.3 Å². The molecule has 0 fully saturated rings. The van der Waals surface area contributed by atoms with Gasteiger partial charge in [0.25, 0.3) is 0 Å². The molecule has 0 saturated heterocycles. The van der Waals surface area contributed by atoms with Crippen LogP contribution < -0.4 is 0 Å². The van der Waals surface area contributed by atoms with Crippen LogP contribution in [0.25, 0.3) is 0 Å². The van der Waals surface area contributed by atoms with Gasteiger partial charge in [-0.1, -0.05) is 49.3 Å². The SMILES string of the molecule is CCCCC(I)O[SiH2]CC. The lowest BCUT2D eigenvalue weighted by atomic mass is 10.3. The van der Waals surface area contributed by atoms with E-state index < -0.39 is 0 Å². The molecule has 0 N–H and O–H groups in total. The van der Waals surface area contributed by atoms with Gasteiger partial charge in [-0.05, 0) is 12.5 Å². The third-order valence-corrected chi connectivity index (χ3v) is 3.99. The second-order valence-electron chi connectivity index (χ2n) is 2.42. The van der Waals surface area contributed by atoms with E-state index in [-0.39, 0.29) is 9.76 Å². The highest BCUT2D eigenvalue weighted by Gasteiger charge is 2.00. The second-order valence-corrected chi connectivity index (χ2v) is 5.55. The van der Waals surface area contributed by atoms with Crippen molar-refractivity contribution in [2.24, 2.45) is 0 Å². The van der Waals surface area contributed by atoms with Crippen LogP contribution in [0, 0.1) is 0 Å². The zero-order valence-electron chi connectivity index (χ0n) is 6.90. The Kier molecular flexibility index (Phi) is 8.73. The number of alkyl halides is 1. The van der Waals surface area contributed by atoms with E-state index in [0.29, 0.717) is 4.11 Å². The first-order valence-electron chi connectivity index (χ1n) is 4.07. The third kappa shape index (κ3) is 7.02. The lowest BCUT2D eigenvalue weighted by Gasteiger charge is -2.09. The minimum atomic E-state index is -0.161. The number of rotatable bonds is 6. The quantitative estimate of drug-likeness (QED) is 0.410. The van der Waals surface area contributed by atoms with E-state index in [1.54, 1.807) is 0 Å². The lowest BCUT2D eigenvalue weighted by Crippen LogP contribution is -2.06. The van der Waals surface area contributed by atoms with E-state index in [0.717, 1.165) is 0 Å². The Bertz CT molecular complexity index is 62.6. The van der Waals surface area contributed by atoms with Gasteiger partial charge in [0.15, 0.2) is 9.76 Å². The van der Waals surface area contributed by atoms with Crippen LogP contribution in [0.4, 0.5) is 0 Å². The Hall–Kier alpha value is 0.907. The van der Waals surface area contributed by atoms with Gasteiger partial charge in [-0.25, -0.2) is 0 Å². The molecule has 0 aliphatic carbocycles. The summed E-state index contributed by atoms with van der Waals surface area (Å²) in [6.07, 6.45) is 3.84. The highest BCUT2D eigenvalue weighted by Crippen LogP contribution is 2.11. The molecule has 0 amide bonds. The summed E-state index contributed by atoms with van der Waals surface area (Å²) in [5.74, 6) is 0. The van der Waals surface area contributed by atoms with Gasteiger partial charge in [-0.15, -0.1) is 0 Å². The van der Waals surface area contributed by atoms with E-state index >= 15 is 0 Å². The standard InChI is InChI=1S/C7H17IOSi/c1-3-5-6-7(8)9-10-4-2/h7H,3-6,10H2,1-2H3. The van der Waals surface area contributed by atoms with Crippen molar-refractivity contribution in [1.29, 1.82) is 0 Å². The van der Waals surface area contributed by atoms with E-state index in [2.05, 4.69) is 36.4 Å². The van der Waals surface area contributed by atoms with Crippen LogP contribution in [0.2, 0.25) is 6.04 Å². The van der Waals surface area contributed by atoms with Crippen LogP contribution in [0.3, 0.4) is 0 Å². The van der Waals surface area contributed by atoms with Crippen molar-refractivity contribution < 1.29 is 4.43 Å². The molecule has 1 atom stereocenters. The Morgan fingerprint density at radius 3 is 2.70 bits per heavy atom. The van der Waals surface area contributed by atoms with Crippen molar-refractivity contribution in [3.63, 3.8) is 0 Å². The average molecular weight is 272 g/mol. The topological polar surface area (TPSA) is 9.23 Å². The molecule has 0 spiro atoms. The molecule has 0 aliphatic heterocycles. The van der Waals surface area contributed by atoms with E-state index in [1.807, 2.05) is 0 Å². The van der Waals surface area contributed by atoms with Crippen LogP contribution in [0.15, 0.2) is 0 Å². The van der Waals surface area contributed by atoms with Crippen molar-refractivity contribution in [2.75, 3.05) is 0 Å². The lowest BCUT2D eigenvalue weighted by molar-refractivity contribution is 0.303. The Labute approximate surface area is 80.0 Å². The van der Waals surface area contributed by atoms with Crippen LogP contribution in [-0.4, -0.2) is 13.9 Å². The minimum Gasteiger partial charge on any atom is -0.412 e. The molecule has 0 aliphatic rings. The first kappa shape index (κ1) is 10.9. The fourth-order valence-electron chi connectivity index (χ4n) is 0.694. The summed E-state index contributed by atoms with van der Waals surface area (Å²) in [7, 11) is -0.161. The number of hydrogen-bond acceptors (Lipinski definition) is 1. The molecule has 0 heterocycles. The molecule has 0 aromatic heterocycles. The predicted molar refractivity (Wildman–Crippen MR) is 57.4 cm³/mol. The smallest absolute Gasteiger partial charge is 0.162 e. The van der Waals surface area contributed by atoms with E-state index in [9.17, 15) is 0 Å². The van der Waals surface area contributed by atoms with Crippen molar-refractivity contribution in [3.8, 4) is 0 Å². The highest BCUT2D eigenvalue weighted by molar-refractivity contribution is 14.1. The summed E-state index contributed by atoms with van der Waals surface area (Å²) < 4.78 is 6.12. The first-order chi connectivity index (χ1) is 4.81. The monoisotopic (exact) mass is 272 g/mol. The fourth-order valence-corrected chi connectivity index (χ4v) is 2.55. The van der Waals surface area contributed by atoms with Crippen LogP contribution in [0.5, 0.6) is 0 Å². The third-order valence-electron chi connectivity index (χ3n) is 1.29. The van der Waals surface area contributed by atoms with E-state index in [1.165, 1.54) is 25.3 Å². The maximum Gasteiger partial charge on any atom is 0.162 e. The molecule has 0 radical (unpaired) electrons. The van der Waals surface area contributed by atoms with Crippen LogP contribution >= 0.6 is 22.6 Å². The average Bonchev–Trinajstić information content (AvgIpc) is 1.97. The van der Waals surface area contributed by atoms with Crippen LogP contribution in [-0.2, 0) is 4.43 Å². The second kappa shape index (κ2) is 8.01. The molecule has 10 heavy (non-hydrogen) atoms. The summed E-state index contributed by atoms with van der Waals surface area (Å²) in [5.41, 5.74) is 0. The molecule has 0 aromatic carbocycles. The molecule has 1 unspecified atom stereocenters. The van der Waals surface area contributed by atoms with E-state index in [4.69, 9.17) is 4.43 Å². The van der Waals surface area contributed by atoms with Crippen molar-refractivity contribution in [3.05, 3.63) is 0 Å². The maximum atomic E-state index is 5.62. The number of hydrogen-bond donors (Lipinski definition) is 0. The molecule has 0 saturated carbocycles. The largest absolute Gasteiger partial charge is 0.412 e. The van der Waals surface area contributed by atoms with Gasteiger partial charge in [-0.2, -0.15) is 0 Å². The molecular weight excluding hydrogens is 255 g/mol. The molecule has 0 rings (SSSR count). The first-order valence-corrected chi connectivity index (χ1v) is 6.89. The predicted octanol–water partition coefficient (Wildman–Crippen LogP) is 2.48. The number of unbranched alkanes of at least 4 members (excludes halogenated alkanes) is 1. The molecule has 0 bridgehead atoms. The summed E-state index contributed by atoms with van der Waals surface area (Å²) in [6, 6.07) is 1.27. The Balaban J connectivity index is 3.00. The van der Waals surface area contributed by atoms with Gasteiger partial charge in [0, 0.05) is 0 Å². The van der Waals surface area contributed by atoms with Gasteiger partial charge in [-0.3, -0.25) is 0 Å². The molecule has 3 heteroatoms. The minimum absolute atomic E-state index is 0.161. The Morgan fingerprint density at radius 1 is 1.50 bits per heavy atom. The molecule has 0 aromatic rings. The zero-order chi connectivity index (χ0) is 7.82. The Morgan fingerprint density at radius 2 is 2.20 bits per heavy atom. The number of halogens is 1. The van der Waals surface area contributed by atoms with Crippen molar-refractivity contribution in [1.82, 2.24) is 0 Å². The summed E-state index contributed by atoms with van der Waals surface area (Å²) in [4.78, 5) is 0. The van der Waals surface area contributed by atoms with Crippen molar-refractivity contribution >= 4 is 32.4 Å². The summed E-state index contributed by atoms with van der Waals surface area (Å²) in [6.45, 7) is 4.43. The van der Waals surface area contributed by atoms with Gasteiger partial charge < -0.3 is 4.43 Å². The van der Waals surface area contributed by atoms with Gasteiger partial charge >= 0.3 is 0 Å². The zero-order valence-corrected chi connectivity index (χ0v) is 10.5. The normalized spacial score (nSPS) is 14.7. The van der Waals surface area contributed by atoms with Gasteiger partial charge in [0.05, 0.1) is 4.11 Å².